The van der Waals surface area contributed by atoms with E-state index in [-0.39, 0.29) is 0 Å². The van der Waals surface area contributed by atoms with Crippen LogP contribution in [0.25, 0.3) is 5.82 Å². The maximum Gasteiger partial charge on any atom is 0.156 e. The molecule has 0 fully saturated rings. The summed E-state index contributed by atoms with van der Waals surface area (Å²) in [6.45, 7) is 6.18. The normalized spacial score (nSPS) is 10.9. The number of nitrogens with zero attached hydrogens (tertiary/aromatic N) is 4. The Morgan fingerprint density at radius 3 is 2.67 bits per heavy atom. The van der Waals surface area contributed by atoms with Gasteiger partial charge in [0.15, 0.2) is 5.82 Å². The molecule has 2 heterocycles. The molecule has 0 N–H and O–H groups in total. The second kappa shape index (κ2) is 3.81. The predicted molar refractivity (Wildman–Crippen MR) is 58.0 cm³/mol. The fourth-order valence-electron chi connectivity index (χ4n) is 1.35. The Balaban J connectivity index is 2.41. The van der Waals surface area contributed by atoms with Crippen molar-refractivity contribution in [3.8, 4) is 5.82 Å². The van der Waals surface area contributed by atoms with Crippen molar-refractivity contribution in [3.63, 3.8) is 0 Å². The number of hydrogen-bond donors (Lipinski definition) is 0. The van der Waals surface area contributed by atoms with Crippen LogP contribution in [0.15, 0.2) is 24.7 Å². The van der Waals surface area contributed by atoms with E-state index in [1.54, 1.807) is 11.0 Å². The maximum absolute atomic E-state index is 4.31. The molecule has 0 radical (unpaired) electrons. The van der Waals surface area contributed by atoms with Crippen LogP contribution in [-0.2, 0) is 0 Å². The van der Waals surface area contributed by atoms with Gasteiger partial charge in [0, 0.05) is 18.0 Å². The average Bonchev–Trinajstić information content (AvgIpc) is 2.65. The van der Waals surface area contributed by atoms with Gasteiger partial charge in [0.25, 0.3) is 0 Å². The second-order valence-electron chi connectivity index (χ2n) is 3.86. The molecule has 0 bridgehead atoms. The summed E-state index contributed by atoms with van der Waals surface area (Å²) in [6, 6.07) is 3.92. The quantitative estimate of drug-likeness (QED) is 0.749. The summed E-state index contributed by atoms with van der Waals surface area (Å²) in [5, 5.41) is 4.31. The molecule has 0 saturated heterocycles. The van der Waals surface area contributed by atoms with Crippen molar-refractivity contribution in [2.75, 3.05) is 0 Å². The van der Waals surface area contributed by atoms with Gasteiger partial charge < -0.3 is 0 Å². The Kier molecular flexibility index (Phi) is 2.49. The van der Waals surface area contributed by atoms with E-state index in [0.717, 1.165) is 17.2 Å². The Labute approximate surface area is 89.0 Å². The Morgan fingerprint density at radius 2 is 2.07 bits per heavy atom. The molecule has 0 saturated carbocycles. The third-order valence-corrected chi connectivity index (χ3v) is 2.22. The monoisotopic (exact) mass is 202 g/mol. The lowest BCUT2D eigenvalue weighted by Crippen LogP contribution is -2.02. The summed E-state index contributed by atoms with van der Waals surface area (Å²) in [7, 11) is 0. The Hall–Kier alpha value is -1.71. The van der Waals surface area contributed by atoms with Gasteiger partial charge in [-0.1, -0.05) is 13.8 Å². The summed E-state index contributed by atoms with van der Waals surface area (Å²) in [4.78, 5) is 8.41. The molecule has 0 atom stereocenters. The highest BCUT2D eigenvalue weighted by Gasteiger charge is 2.04. The van der Waals surface area contributed by atoms with Crippen LogP contribution in [0, 0.1) is 6.92 Å². The fraction of sp³-hybridized carbons (Fsp3) is 0.364. The SMILES string of the molecule is Cc1ccn(-c2cc(C(C)C)ncn2)n1. The molecule has 2 aromatic heterocycles. The molecular weight excluding hydrogens is 188 g/mol. The molecule has 2 aromatic rings. The van der Waals surface area contributed by atoms with Gasteiger partial charge in [0.1, 0.15) is 6.33 Å². The molecule has 4 nitrogen and oxygen atoms in total. The zero-order chi connectivity index (χ0) is 10.8. The first kappa shape index (κ1) is 9.83. The lowest BCUT2D eigenvalue weighted by molar-refractivity contribution is 0.780. The molecule has 0 aromatic carbocycles. The third-order valence-electron chi connectivity index (χ3n) is 2.22. The van der Waals surface area contributed by atoms with Crippen LogP contribution >= 0.6 is 0 Å². The highest BCUT2D eigenvalue weighted by Crippen LogP contribution is 2.13. The first-order chi connectivity index (χ1) is 7.16. The van der Waals surface area contributed by atoms with Gasteiger partial charge in [-0.15, -0.1) is 0 Å². The second-order valence-corrected chi connectivity index (χ2v) is 3.86. The molecule has 15 heavy (non-hydrogen) atoms. The zero-order valence-corrected chi connectivity index (χ0v) is 9.18. The summed E-state index contributed by atoms with van der Waals surface area (Å²) < 4.78 is 1.77. The van der Waals surface area contributed by atoms with Gasteiger partial charge in [-0.05, 0) is 18.9 Å². The molecule has 4 heteroatoms. The van der Waals surface area contributed by atoms with Crippen LogP contribution in [-0.4, -0.2) is 19.7 Å². The van der Waals surface area contributed by atoms with Gasteiger partial charge in [-0.25, -0.2) is 14.6 Å². The van der Waals surface area contributed by atoms with Crippen molar-refractivity contribution in [3.05, 3.63) is 36.0 Å². The van der Waals surface area contributed by atoms with Crippen LogP contribution in [0.4, 0.5) is 0 Å². The van der Waals surface area contributed by atoms with E-state index in [2.05, 4.69) is 28.9 Å². The first-order valence-corrected chi connectivity index (χ1v) is 5.01. The minimum absolute atomic E-state index is 0.406. The lowest BCUT2D eigenvalue weighted by atomic mass is 10.1. The van der Waals surface area contributed by atoms with Gasteiger partial charge in [0.05, 0.1) is 5.69 Å². The van der Waals surface area contributed by atoms with E-state index in [1.807, 2.05) is 25.3 Å². The van der Waals surface area contributed by atoms with Crippen LogP contribution in [0.5, 0.6) is 0 Å². The molecular formula is C11H14N4. The number of hydrogen-bond acceptors (Lipinski definition) is 3. The standard InChI is InChI=1S/C11H14N4/c1-8(2)10-6-11(13-7-12-10)15-5-4-9(3)14-15/h4-8H,1-3H3. The highest BCUT2D eigenvalue weighted by molar-refractivity contribution is 5.24. The number of aryl methyl sites for hydroxylation is 1. The van der Waals surface area contributed by atoms with Crippen LogP contribution < -0.4 is 0 Å². The highest BCUT2D eigenvalue weighted by atomic mass is 15.3. The van der Waals surface area contributed by atoms with E-state index >= 15 is 0 Å². The van der Waals surface area contributed by atoms with Crippen molar-refractivity contribution < 1.29 is 0 Å². The van der Waals surface area contributed by atoms with E-state index in [0.29, 0.717) is 5.92 Å². The molecule has 0 unspecified atom stereocenters. The minimum atomic E-state index is 0.406. The topological polar surface area (TPSA) is 43.6 Å². The van der Waals surface area contributed by atoms with Crippen molar-refractivity contribution in [1.82, 2.24) is 19.7 Å². The van der Waals surface area contributed by atoms with Gasteiger partial charge in [-0.2, -0.15) is 5.10 Å². The summed E-state index contributed by atoms with van der Waals surface area (Å²) in [5.74, 6) is 1.23. The third kappa shape index (κ3) is 2.03. The molecule has 0 aliphatic carbocycles. The Morgan fingerprint density at radius 1 is 1.27 bits per heavy atom. The van der Waals surface area contributed by atoms with Gasteiger partial charge >= 0.3 is 0 Å². The molecule has 0 aliphatic rings. The number of aromatic nitrogens is 4. The maximum atomic E-state index is 4.31. The average molecular weight is 202 g/mol. The molecule has 78 valence electrons. The van der Waals surface area contributed by atoms with E-state index < -0.39 is 0 Å². The largest absolute Gasteiger partial charge is 0.241 e. The Bertz CT molecular complexity index is 459. The lowest BCUT2D eigenvalue weighted by Gasteiger charge is -2.05. The fourth-order valence-corrected chi connectivity index (χ4v) is 1.35. The van der Waals surface area contributed by atoms with Gasteiger partial charge in [-0.3, -0.25) is 0 Å². The van der Waals surface area contributed by atoms with Crippen molar-refractivity contribution >= 4 is 0 Å². The van der Waals surface area contributed by atoms with Crippen molar-refractivity contribution in [1.29, 1.82) is 0 Å². The molecule has 0 spiro atoms. The van der Waals surface area contributed by atoms with Crippen molar-refractivity contribution in [2.24, 2.45) is 0 Å². The molecule has 2 rings (SSSR count). The molecule has 0 amide bonds. The van der Waals surface area contributed by atoms with E-state index in [1.165, 1.54) is 0 Å². The smallest absolute Gasteiger partial charge is 0.156 e. The number of rotatable bonds is 2. The summed E-state index contributed by atoms with van der Waals surface area (Å²) in [5.41, 5.74) is 2.02. The minimum Gasteiger partial charge on any atom is -0.241 e. The summed E-state index contributed by atoms with van der Waals surface area (Å²) in [6.07, 6.45) is 3.49. The predicted octanol–water partition coefficient (Wildman–Crippen LogP) is 2.09. The first-order valence-electron chi connectivity index (χ1n) is 5.01. The summed E-state index contributed by atoms with van der Waals surface area (Å²) >= 11 is 0. The van der Waals surface area contributed by atoms with Crippen LogP contribution in [0.3, 0.4) is 0 Å². The van der Waals surface area contributed by atoms with E-state index in [9.17, 15) is 0 Å². The van der Waals surface area contributed by atoms with Crippen molar-refractivity contribution in [2.45, 2.75) is 26.7 Å². The molecule has 0 aliphatic heterocycles. The van der Waals surface area contributed by atoms with Gasteiger partial charge in [0.2, 0.25) is 0 Å². The zero-order valence-electron chi connectivity index (χ0n) is 9.18. The van der Waals surface area contributed by atoms with E-state index in [4.69, 9.17) is 0 Å². The van der Waals surface area contributed by atoms with Crippen LogP contribution in [0.1, 0.15) is 31.2 Å². The van der Waals surface area contributed by atoms with Crippen LogP contribution in [0.2, 0.25) is 0 Å².